The number of nitrogens with zero attached hydrogens (tertiary/aromatic N) is 1. The van der Waals surface area contributed by atoms with Crippen LogP contribution in [0.15, 0.2) is 22.7 Å². The quantitative estimate of drug-likeness (QED) is 0.701. The molecule has 1 atom stereocenters. The van der Waals surface area contributed by atoms with E-state index in [9.17, 15) is 4.79 Å². The first-order chi connectivity index (χ1) is 11.2. The number of hydrogen-bond donors (Lipinski definition) is 1. The van der Waals surface area contributed by atoms with Crippen molar-refractivity contribution in [3.63, 3.8) is 0 Å². The number of carbonyl (C=O) groups is 1. The summed E-state index contributed by atoms with van der Waals surface area (Å²) in [6.45, 7) is 9.32. The van der Waals surface area contributed by atoms with Gasteiger partial charge in [0.2, 0.25) is 0 Å². The molecule has 1 aromatic rings. The van der Waals surface area contributed by atoms with Crippen LogP contribution >= 0.6 is 27.5 Å². The lowest BCUT2D eigenvalue weighted by Crippen LogP contribution is -2.44. The fraction of sp³-hybridized carbons (Fsp3) is 0.611. The molecule has 24 heavy (non-hydrogen) atoms. The molecular weight excluding hydrogens is 392 g/mol. The van der Waals surface area contributed by atoms with Gasteiger partial charge < -0.3 is 15.0 Å². The van der Waals surface area contributed by atoms with E-state index in [1.54, 1.807) is 4.90 Å². The number of nitrogens with one attached hydrogen (secondary N) is 1. The van der Waals surface area contributed by atoms with E-state index >= 15 is 0 Å². The number of amides is 1. The van der Waals surface area contributed by atoms with Crippen LogP contribution < -0.4 is 5.32 Å². The predicted octanol–water partition coefficient (Wildman–Crippen LogP) is 5.55. The zero-order valence-corrected chi connectivity index (χ0v) is 17.1. The van der Waals surface area contributed by atoms with Gasteiger partial charge in [-0.15, -0.1) is 0 Å². The molecule has 0 aliphatic carbocycles. The summed E-state index contributed by atoms with van der Waals surface area (Å²) in [5, 5.41) is 4.23. The first-order valence-corrected chi connectivity index (χ1v) is 9.52. The molecule has 1 unspecified atom stereocenters. The van der Waals surface area contributed by atoms with Crippen molar-refractivity contribution < 1.29 is 9.53 Å². The van der Waals surface area contributed by atoms with Crippen molar-refractivity contribution in [2.75, 3.05) is 18.4 Å². The van der Waals surface area contributed by atoms with Gasteiger partial charge in [-0.05, 0) is 64.7 Å². The summed E-state index contributed by atoms with van der Waals surface area (Å²) in [5.41, 5.74) is 0.494. The largest absolute Gasteiger partial charge is 0.444 e. The van der Waals surface area contributed by atoms with Crippen molar-refractivity contribution in [3.05, 3.63) is 27.7 Å². The fourth-order valence-corrected chi connectivity index (χ4v) is 3.41. The number of halogens is 2. The number of piperidine rings is 1. The highest BCUT2D eigenvalue weighted by atomic mass is 79.9. The molecular formula is C18H26BrClN2O2. The molecule has 1 fully saturated rings. The van der Waals surface area contributed by atoms with Crippen LogP contribution in [0.1, 0.15) is 40.5 Å². The molecule has 1 aromatic carbocycles. The van der Waals surface area contributed by atoms with Gasteiger partial charge in [0.15, 0.2) is 0 Å². The summed E-state index contributed by atoms with van der Waals surface area (Å²) >= 11 is 9.73. The van der Waals surface area contributed by atoms with Crippen LogP contribution in [0, 0.1) is 5.92 Å². The minimum Gasteiger partial charge on any atom is -0.444 e. The second kappa shape index (κ2) is 7.96. The highest BCUT2D eigenvalue weighted by Gasteiger charge is 2.29. The molecule has 1 N–H and O–H groups in total. The minimum atomic E-state index is -0.444. The standard InChI is InChI=1S/C18H26BrClN2O2/c1-12(21-16-11-14(19)5-6-15(16)20)13-7-9-22(10-8-13)17(23)24-18(2,3)4/h5-6,11-13,21H,7-10H2,1-4H3. The summed E-state index contributed by atoms with van der Waals surface area (Å²) < 4.78 is 6.45. The van der Waals surface area contributed by atoms with Crippen molar-refractivity contribution >= 4 is 39.3 Å². The molecule has 6 heteroatoms. The highest BCUT2D eigenvalue weighted by molar-refractivity contribution is 9.10. The monoisotopic (exact) mass is 416 g/mol. The zero-order valence-electron chi connectivity index (χ0n) is 14.7. The van der Waals surface area contributed by atoms with Gasteiger partial charge in [0, 0.05) is 23.6 Å². The third-order valence-electron chi connectivity index (χ3n) is 4.21. The first-order valence-electron chi connectivity index (χ1n) is 8.35. The summed E-state index contributed by atoms with van der Waals surface area (Å²) in [4.78, 5) is 13.9. The number of ether oxygens (including phenoxy) is 1. The maximum absolute atomic E-state index is 12.1. The summed E-state index contributed by atoms with van der Waals surface area (Å²) in [5.74, 6) is 0.499. The SMILES string of the molecule is CC(Nc1cc(Br)ccc1Cl)C1CCN(C(=O)OC(C)(C)C)CC1. The lowest BCUT2D eigenvalue weighted by Gasteiger charge is -2.36. The molecule has 2 rings (SSSR count). The first kappa shape index (κ1) is 19.4. The van der Waals surface area contributed by atoms with E-state index in [2.05, 4.69) is 28.2 Å². The Kier molecular flexibility index (Phi) is 6.43. The average molecular weight is 418 g/mol. The Balaban J connectivity index is 1.87. The lowest BCUT2D eigenvalue weighted by atomic mass is 9.90. The van der Waals surface area contributed by atoms with E-state index < -0.39 is 5.60 Å². The van der Waals surface area contributed by atoms with Gasteiger partial charge in [-0.3, -0.25) is 0 Å². The summed E-state index contributed by atoms with van der Waals surface area (Å²) in [7, 11) is 0. The summed E-state index contributed by atoms with van der Waals surface area (Å²) in [6, 6.07) is 6.09. The third-order valence-corrected chi connectivity index (χ3v) is 5.03. The Morgan fingerprint density at radius 1 is 1.38 bits per heavy atom. The Bertz CT molecular complexity index is 581. The van der Waals surface area contributed by atoms with Gasteiger partial charge in [-0.2, -0.15) is 0 Å². The van der Waals surface area contributed by atoms with Gasteiger partial charge in [-0.25, -0.2) is 4.79 Å². The number of likely N-dealkylation sites (tertiary alicyclic amines) is 1. The van der Waals surface area contributed by atoms with Crippen LogP contribution in [0.5, 0.6) is 0 Å². The minimum absolute atomic E-state index is 0.211. The maximum atomic E-state index is 12.1. The number of anilines is 1. The van der Waals surface area contributed by atoms with E-state index in [1.807, 2.05) is 39.0 Å². The Labute approximate surface area is 158 Å². The topological polar surface area (TPSA) is 41.6 Å². The number of rotatable bonds is 3. The van der Waals surface area contributed by atoms with Crippen molar-refractivity contribution in [2.45, 2.75) is 52.2 Å². The van der Waals surface area contributed by atoms with Gasteiger partial charge in [0.1, 0.15) is 5.60 Å². The second-order valence-electron chi connectivity index (χ2n) is 7.36. The number of hydrogen-bond acceptors (Lipinski definition) is 3. The zero-order chi connectivity index (χ0) is 17.9. The Morgan fingerprint density at radius 2 is 2.00 bits per heavy atom. The third kappa shape index (κ3) is 5.55. The van der Waals surface area contributed by atoms with Gasteiger partial charge >= 0.3 is 6.09 Å². The van der Waals surface area contributed by atoms with Crippen molar-refractivity contribution in [3.8, 4) is 0 Å². The van der Waals surface area contributed by atoms with E-state index in [0.717, 1.165) is 41.1 Å². The van der Waals surface area contributed by atoms with Crippen LogP contribution in [-0.4, -0.2) is 35.7 Å². The molecule has 0 saturated carbocycles. The molecule has 4 nitrogen and oxygen atoms in total. The Hall–Kier alpha value is -0.940. The molecule has 0 aromatic heterocycles. The number of benzene rings is 1. The van der Waals surface area contributed by atoms with E-state index in [1.165, 1.54) is 0 Å². The van der Waals surface area contributed by atoms with Gasteiger partial charge in [0.25, 0.3) is 0 Å². The molecule has 1 aliphatic heterocycles. The van der Waals surface area contributed by atoms with Crippen LogP contribution in [-0.2, 0) is 4.74 Å². The van der Waals surface area contributed by atoms with Crippen LogP contribution in [0.2, 0.25) is 5.02 Å². The van der Waals surface area contributed by atoms with E-state index in [4.69, 9.17) is 16.3 Å². The van der Waals surface area contributed by atoms with E-state index in [-0.39, 0.29) is 12.1 Å². The van der Waals surface area contributed by atoms with Crippen molar-refractivity contribution in [1.82, 2.24) is 4.90 Å². The molecule has 1 aliphatic rings. The molecule has 134 valence electrons. The Morgan fingerprint density at radius 3 is 2.58 bits per heavy atom. The van der Waals surface area contributed by atoms with Crippen LogP contribution in [0.4, 0.5) is 10.5 Å². The van der Waals surface area contributed by atoms with Crippen molar-refractivity contribution in [2.24, 2.45) is 5.92 Å². The van der Waals surface area contributed by atoms with Crippen LogP contribution in [0.25, 0.3) is 0 Å². The predicted molar refractivity (Wildman–Crippen MR) is 103 cm³/mol. The smallest absolute Gasteiger partial charge is 0.410 e. The highest BCUT2D eigenvalue weighted by Crippen LogP contribution is 2.29. The molecule has 1 saturated heterocycles. The molecule has 0 radical (unpaired) electrons. The molecule has 0 bridgehead atoms. The molecule has 1 amide bonds. The summed E-state index contributed by atoms with van der Waals surface area (Å²) in [6.07, 6.45) is 1.70. The fourth-order valence-electron chi connectivity index (χ4n) is 2.88. The second-order valence-corrected chi connectivity index (χ2v) is 8.68. The van der Waals surface area contributed by atoms with Gasteiger partial charge in [-0.1, -0.05) is 27.5 Å². The molecule has 0 spiro atoms. The van der Waals surface area contributed by atoms with Crippen LogP contribution in [0.3, 0.4) is 0 Å². The molecule has 1 heterocycles. The number of carbonyl (C=O) groups excluding carboxylic acids is 1. The van der Waals surface area contributed by atoms with Crippen molar-refractivity contribution in [1.29, 1.82) is 0 Å². The van der Waals surface area contributed by atoms with Gasteiger partial charge in [0.05, 0.1) is 10.7 Å². The van der Waals surface area contributed by atoms with E-state index in [0.29, 0.717) is 5.92 Å². The lowest BCUT2D eigenvalue weighted by molar-refractivity contribution is 0.0179. The maximum Gasteiger partial charge on any atom is 0.410 e. The average Bonchev–Trinajstić information content (AvgIpc) is 2.49. The normalized spacial score (nSPS) is 17.5.